The number of nitrogens with one attached hydrogen (secondary N) is 2. The number of aliphatic imine (C=N–C) groups is 1. The van der Waals surface area contributed by atoms with Gasteiger partial charge in [-0.1, -0.05) is 18.2 Å². The van der Waals surface area contributed by atoms with Gasteiger partial charge in [0.15, 0.2) is 5.96 Å². The van der Waals surface area contributed by atoms with Crippen molar-refractivity contribution in [1.82, 2.24) is 15.6 Å². The quantitative estimate of drug-likeness (QED) is 0.370. The fraction of sp³-hybridized carbons (Fsp3) is 0.400. The third-order valence-electron chi connectivity index (χ3n) is 4.47. The van der Waals surface area contributed by atoms with Gasteiger partial charge in [0.05, 0.1) is 0 Å². The van der Waals surface area contributed by atoms with Crippen LogP contribution in [0.15, 0.2) is 47.6 Å². The second-order valence-electron chi connectivity index (χ2n) is 6.40. The lowest BCUT2D eigenvalue weighted by Gasteiger charge is -2.17. The van der Waals surface area contributed by atoms with E-state index < -0.39 is 0 Å². The smallest absolute Gasteiger partial charge is 0.218 e. The summed E-state index contributed by atoms with van der Waals surface area (Å²) in [5.74, 6) is 1.13. The first-order valence-corrected chi connectivity index (χ1v) is 9.04. The van der Waals surface area contributed by atoms with E-state index in [4.69, 9.17) is 4.74 Å². The van der Waals surface area contributed by atoms with Crippen molar-refractivity contribution in [2.45, 2.75) is 44.9 Å². The van der Waals surface area contributed by atoms with E-state index in [-0.39, 0.29) is 35.9 Å². The van der Waals surface area contributed by atoms with Gasteiger partial charge in [0.1, 0.15) is 11.9 Å². The predicted octanol–water partition coefficient (Wildman–Crippen LogP) is 4.03. The van der Waals surface area contributed by atoms with Crippen molar-refractivity contribution in [1.29, 1.82) is 0 Å². The van der Waals surface area contributed by atoms with Gasteiger partial charge in [-0.15, -0.1) is 24.0 Å². The molecule has 27 heavy (non-hydrogen) atoms. The summed E-state index contributed by atoms with van der Waals surface area (Å²) in [7, 11) is 1.72. The summed E-state index contributed by atoms with van der Waals surface area (Å²) in [6.45, 7) is 1.14. The number of aromatic nitrogens is 1. The molecule has 1 aromatic heterocycles. The highest BCUT2D eigenvalue weighted by Gasteiger charge is 2.18. The lowest BCUT2D eigenvalue weighted by molar-refractivity contribution is 0.199. The third kappa shape index (κ3) is 6.64. The van der Waals surface area contributed by atoms with E-state index in [1.807, 2.05) is 12.1 Å². The summed E-state index contributed by atoms with van der Waals surface area (Å²) >= 11 is 0. The number of rotatable bonds is 6. The van der Waals surface area contributed by atoms with E-state index >= 15 is 0 Å². The Morgan fingerprint density at radius 3 is 2.56 bits per heavy atom. The number of nitrogens with zero attached hydrogens (tertiary/aromatic N) is 2. The van der Waals surface area contributed by atoms with Gasteiger partial charge in [0, 0.05) is 31.9 Å². The largest absolute Gasteiger partial charge is 0.474 e. The van der Waals surface area contributed by atoms with Crippen molar-refractivity contribution in [3.63, 3.8) is 0 Å². The molecule has 0 atom stereocenters. The van der Waals surface area contributed by atoms with Crippen LogP contribution in [0.1, 0.15) is 36.8 Å². The molecule has 1 aliphatic carbocycles. The SMILES string of the molecule is CN=C(NCc1ccc(F)cc1)NCc1cccnc1OC1CCCC1.I. The second-order valence-corrected chi connectivity index (χ2v) is 6.40. The molecule has 0 saturated heterocycles. The first-order chi connectivity index (χ1) is 12.7. The Morgan fingerprint density at radius 1 is 1.15 bits per heavy atom. The molecule has 7 heteroatoms. The Bertz CT molecular complexity index is 733. The van der Waals surface area contributed by atoms with E-state index in [0.29, 0.717) is 24.9 Å². The zero-order valence-electron chi connectivity index (χ0n) is 15.5. The number of pyridine rings is 1. The summed E-state index contributed by atoms with van der Waals surface area (Å²) in [5.41, 5.74) is 1.99. The van der Waals surface area contributed by atoms with Crippen LogP contribution in [-0.2, 0) is 13.1 Å². The standard InChI is InChI=1S/C20H25FN4O.HI/c1-22-20(24-13-15-8-10-17(21)11-9-15)25-14-16-5-4-12-23-19(16)26-18-6-2-3-7-18;/h4-5,8-12,18H,2-3,6-7,13-14H2,1H3,(H2,22,24,25);1H. The molecule has 3 rings (SSSR count). The van der Waals surface area contributed by atoms with Crippen molar-refractivity contribution in [3.8, 4) is 5.88 Å². The summed E-state index contributed by atoms with van der Waals surface area (Å²) in [4.78, 5) is 8.62. The molecule has 0 aliphatic heterocycles. The van der Waals surface area contributed by atoms with Gasteiger partial charge < -0.3 is 15.4 Å². The minimum absolute atomic E-state index is 0. The van der Waals surface area contributed by atoms with Crippen molar-refractivity contribution in [2.24, 2.45) is 4.99 Å². The monoisotopic (exact) mass is 484 g/mol. The van der Waals surface area contributed by atoms with Crippen molar-refractivity contribution >= 4 is 29.9 Å². The zero-order chi connectivity index (χ0) is 18.2. The normalized spacial score (nSPS) is 14.5. The highest BCUT2D eigenvalue weighted by atomic mass is 127. The van der Waals surface area contributed by atoms with Gasteiger partial charge >= 0.3 is 0 Å². The predicted molar refractivity (Wildman–Crippen MR) is 116 cm³/mol. The number of hydrogen-bond acceptors (Lipinski definition) is 3. The number of hydrogen-bond donors (Lipinski definition) is 2. The van der Waals surface area contributed by atoms with Crippen LogP contribution >= 0.6 is 24.0 Å². The molecule has 0 radical (unpaired) electrons. The molecule has 1 saturated carbocycles. The molecule has 0 spiro atoms. The van der Waals surface area contributed by atoms with Gasteiger partial charge in [0.2, 0.25) is 5.88 Å². The number of guanidine groups is 1. The van der Waals surface area contributed by atoms with E-state index in [1.165, 1.54) is 25.0 Å². The van der Waals surface area contributed by atoms with Crippen LogP contribution in [0.3, 0.4) is 0 Å². The average Bonchev–Trinajstić information content (AvgIpc) is 3.17. The molecule has 146 valence electrons. The number of ether oxygens (including phenoxy) is 1. The van der Waals surface area contributed by atoms with Gasteiger partial charge in [-0.05, 0) is 49.4 Å². The van der Waals surface area contributed by atoms with Crippen molar-refractivity contribution < 1.29 is 9.13 Å². The van der Waals surface area contributed by atoms with Crippen LogP contribution in [0.25, 0.3) is 0 Å². The van der Waals surface area contributed by atoms with Gasteiger partial charge in [-0.2, -0.15) is 0 Å². The molecule has 0 bridgehead atoms. The Kier molecular flexibility index (Phi) is 8.77. The lowest BCUT2D eigenvalue weighted by Crippen LogP contribution is -2.36. The average molecular weight is 484 g/mol. The van der Waals surface area contributed by atoms with Crippen LogP contribution in [0.5, 0.6) is 5.88 Å². The Balaban J connectivity index is 0.00000261. The number of halogens is 2. The van der Waals surface area contributed by atoms with Gasteiger partial charge in [-0.3, -0.25) is 4.99 Å². The van der Waals surface area contributed by atoms with Crippen molar-refractivity contribution in [3.05, 3.63) is 59.5 Å². The Hall–Kier alpha value is -1.90. The molecule has 1 fully saturated rings. The van der Waals surface area contributed by atoms with Gasteiger partial charge in [0.25, 0.3) is 0 Å². The summed E-state index contributed by atoms with van der Waals surface area (Å²) in [6.07, 6.45) is 6.69. The molecule has 1 heterocycles. The van der Waals surface area contributed by atoms with Crippen LogP contribution in [0.2, 0.25) is 0 Å². The fourth-order valence-electron chi connectivity index (χ4n) is 3.02. The van der Waals surface area contributed by atoms with E-state index in [0.717, 1.165) is 24.0 Å². The topological polar surface area (TPSA) is 58.5 Å². The zero-order valence-corrected chi connectivity index (χ0v) is 17.8. The van der Waals surface area contributed by atoms with Crippen LogP contribution in [0.4, 0.5) is 4.39 Å². The second kappa shape index (κ2) is 11.1. The maximum atomic E-state index is 13.0. The highest BCUT2D eigenvalue weighted by Crippen LogP contribution is 2.24. The van der Waals surface area contributed by atoms with E-state index in [1.54, 1.807) is 25.4 Å². The molecule has 0 amide bonds. The molecule has 5 nitrogen and oxygen atoms in total. The lowest BCUT2D eigenvalue weighted by atomic mass is 10.2. The van der Waals surface area contributed by atoms with Crippen LogP contribution in [0, 0.1) is 5.82 Å². The molecular formula is C20H26FIN4O. The Morgan fingerprint density at radius 2 is 1.85 bits per heavy atom. The van der Waals surface area contributed by atoms with E-state index in [9.17, 15) is 4.39 Å². The third-order valence-corrected chi connectivity index (χ3v) is 4.47. The number of benzene rings is 1. The van der Waals surface area contributed by atoms with Crippen LogP contribution < -0.4 is 15.4 Å². The van der Waals surface area contributed by atoms with Crippen LogP contribution in [-0.4, -0.2) is 24.1 Å². The maximum absolute atomic E-state index is 13.0. The van der Waals surface area contributed by atoms with E-state index in [2.05, 4.69) is 20.6 Å². The summed E-state index contributed by atoms with van der Waals surface area (Å²) < 4.78 is 19.0. The first kappa shape index (κ1) is 21.4. The molecule has 2 aromatic rings. The molecule has 1 aliphatic rings. The minimum Gasteiger partial charge on any atom is -0.474 e. The molecule has 0 unspecified atom stereocenters. The molecule has 1 aromatic carbocycles. The van der Waals surface area contributed by atoms with Crippen molar-refractivity contribution in [2.75, 3.05) is 7.05 Å². The molecule has 2 N–H and O–H groups in total. The first-order valence-electron chi connectivity index (χ1n) is 9.04. The molecular weight excluding hydrogens is 458 g/mol. The fourth-order valence-corrected chi connectivity index (χ4v) is 3.02. The van der Waals surface area contributed by atoms with Gasteiger partial charge in [-0.25, -0.2) is 9.37 Å². The highest BCUT2D eigenvalue weighted by molar-refractivity contribution is 14.0. The summed E-state index contributed by atoms with van der Waals surface area (Å²) in [6, 6.07) is 10.3. The Labute approximate surface area is 176 Å². The summed E-state index contributed by atoms with van der Waals surface area (Å²) in [5, 5.41) is 6.50. The minimum atomic E-state index is -0.234. The maximum Gasteiger partial charge on any atom is 0.218 e.